The minimum Gasteiger partial charge on any atom is -0.477 e. The van der Waals surface area contributed by atoms with Crippen molar-refractivity contribution in [3.8, 4) is 0 Å². The SMILES string of the molecule is Cc1[nH]c2ccc(C(=O)O)nc2c1Cc1ccc(Cl)cc1Cl. The summed E-state index contributed by atoms with van der Waals surface area (Å²) in [7, 11) is 0. The molecular weight excluding hydrogens is 323 g/mol. The fourth-order valence-electron chi connectivity index (χ4n) is 2.44. The van der Waals surface area contributed by atoms with Crippen molar-refractivity contribution >= 4 is 40.2 Å². The highest BCUT2D eigenvalue weighted by molar-refractivity contribution is 6.35. The lowest BCUT2D eigenvalue weighted by Crippen LogP contribution is -2.00. The lowest BCUT2D eigenvalue weighted by atomic mass is 10.0. The molecule has 112 valence electrons. The first kappa shape index (κ1) is 14.9. The van der Waals surface area contributed by atoms with Gasteiger partial charge in [-0.2, -0.15) is 0 Å². The number of H-pyrrole nitrogens is 1. The summed E-state index contributed by atoms with van der Waals surface area (Å²) in [5, 5.41) is 10.3. The van der Waals surface area contributed by atoms with E-state index < -0.39 is 5.97 Å². The first-order valence-electron chi connectivity index (χ1n) is 6.61. The molecule has 0 saturated heterocycles. The van der Waals surface area contributed by atoms with Crippen molar-refractivity contribution in [3.63, 3.8) is 0 Å². The fourth-order valence-corrected chi connectivity index (χ4v) is 2.91. The van der Waals surface area contributed by atoms with Crippen LogP contribution in [0, 0.1) is 6.92 Å². The van der Waals surface area contributed by atoms with E-state index in [1.165, 1.54) is 6.07 Å². The van der Waals surface area contributed by atoms with E-state index in [9.17, 15) is 4.79 Å². The molecule has 0 aliphatic heterocycles. The van der Waals surface area contributed by atoms with Gasteiger partial charge in [0.15, 0.2) is 0 Å². The third-order valence-corrected chi connectivity index (χ3v) is 4.14. The molecule has 0 unspecified atom stereocenters. The second-order valence-corrected chi connectivity index (χ2v) is 5.88. The number of aromatic nitrogens is 2. The summed E-state index contributed by atoms with van der Waals surface area (Å²) in [4.78, 5) is 18.6. The van der Waals surface area contributed by atoms with Crippen molar-refractivity contribution in [2.45, 2.75) is 13.3 Å². The first-order chi connectivity index (χ1) is 10.5. The van der Waals surface area contributed by atoms with Gasteiger partial charge in [-0.1, -0.05) is 29.3 Å². The van der Waals surface area contributed by atoms with Gasteiger partial charge in [0.2, 0.25) is 0 Å². The highest BCUT2D eigenvalue weighted by Crippen LogP contribution is 2.28. The second-order valence-electron chi connectivity index (χ2n) is 5.04. The molecule has 3 aromatic rings. The minimum atomic E-state index is -1.05. The van der Waals surface area contributed by atoms with Gasteiger partial charge in [0, 0.05) is 27.7 Å². The Labute approximate surface area is 136 Å². The Morgan fingerprint density at radius 1 is 1.27 bits per heavy atom. The van der Waals surface area contributed by atoms with Gasteiger partial charge in [0.1, 0.15) is 5.69 Å². The predicted molar refractivity (Wildman–Crippen MR) is 87.1 cm³/mol. The van der Waals surface area contributed by atoms with Crippen LogP contribution in [0.15, 0.2) is 30.3 Å². The highest BCUT2D eigenvalue weighted by Gasteiger charge is 2.14. The number of carbonyl (C=O) groups is 1. The molecule has 6 heteroatoms. The summed E-state index contributed by atoms with van der Waals surface area (Å²) in [5.41, 5.74) is 4.27. The van der Waals surface area contributed by atoms with E-state index >= 15 is 0 Å². The zero-order valence-electron chi connectivity index (χ0n) is 11.7. The number of aryl methyl sites for hydroxylation is 1. The molecule has 0 bridgehead atoms. The van der Waals surface area contributed by atoms with Crippen molar-refractivity contribution in [2.24, 2.45) is 0 Å². The number of hydrogen-bond acceptors (Lipinski definition) is 2. The highest BCUT2D eigenvalue weighted by atomic mass is 35.5. The molecular formula is C16H12Cl2N2O2. The van der Waals surface area contributed by atoms with Crippen molar-refractivity contribution < 1.29 is 9.90 Å². The molecule has 0 atom stereocenters. The number of carboxylic acids is 1. The lowest BCUT2D eigenvalue weighted by Gasteiger charge is -2.05. The first-order valence-corrected chi connectivity index (χ1v) is 7.36. The third-order valence-electron chi connectivity index (χ3n) is 3.56. The number of aromatic carboxylic acids is 1. The molecule has 3 rings (SSSR count). The topological polar surface area (TPSA) is 66.0 Å². The van der Waals surface area contributed by atoms with Crippen LogP contribution in [-0.4, -0.2) is 21.0 Å². The number of carboxylic acid groups (broad SMARTS) is 1. The summed E-state index contributed by atoms with van der Waals surface area (Å²) in [6.07, 6.45) is 0.553. The molecule has 4 nitrogen and oxygen atoms in total. The Bertz CT molecular complexity index is 887. The Morgan fingerprint density at radius 2 is 2.05 bits per heavy atom. The maximum atomic E-state index is 11.1. The van der Waals surface area contributed by atoms with Gasteiger partial charge in [-0.25, -0.2) is 9.78 Å². The molecule has 0 radical (unpaired) electrons. The number of aromatic amines is 1. The number of rotatable bonds is 3. The summed E-state index contributed by atoms with van der Waals surface area (Å²) in [6, 6.07) is 8.55. The van der Waals surface area contributed by atoms with Crippen LogP contribution < -0.4 is 0 Å². The van der Waals surface area contributed by atoms with E-state index in [-0.39, 0.29) is 5.69 Å². The van der Waals surface area contributed by atoms with Crippen LogP contribution in [0.4, 0.5) is 0 Å². The number of hydrogen-bond donors (Lipinski definition) is 2. The number of nitrogens with one attached hydrogen (secondary N) is 1. The number of fused-ring (bicyclic) bond motifs is 1. The molecule has 2 aromatic heterocycles. The largest absolute Gasteiger partial charge is 0.477 e. The number of benzene rings is 1. The van der Waals surface area contributed by atoms with Gasteiger partial charge in [0.25, 0.3) is 0 Å². The van der Waals surface area contributed by atoms with Gasteiger partial charge in [-0.15, -0.1) is 0 Å². The van der Waals surface area contributed by atoms with Gasteiger partial charge < -0.3 is 10.1 Å². The summed E-state index contributed by atoms with van der Waals surface area (Å²) in [5.74, 6) is -1.05. The Balaban J connectivity index is 2.11. The zero-order chi connectivity index (χ0) is 15.9. The van der Waals surface area contributed by atoms with Gasteiger partial charge in [0.05, 0.1) is 11.0 Å². The van der Waals surface area contributed by atoms with Crippen LogP contribution in [0.5, 0.6) is 0 Å². The van der Waals surface area contributed by atoms with E-state index in [1.54, 1.807) is 18.2 Å². The van der Waals surface area contributed by atoms with E-state index in [1.807, 2.05) is 13.0 Å². The minimum absolute atomic E-state index is 0.0231. The average molecular weight is 335 g/mol. The molecule has 2 heterocycles. The van der Waals surface area contributed by atoms with E-state index in [4.69, 9.17) is 28.3 Å². The summed E-state index contributed by atoms with van der Waals surface area (Å²) >= 11 is 12.1. The van der Waals surface area contributed by atoms with Crippen LogP contribution in [0.25, 0.3) is 11.0 Å². The standard InChI is InChI=1S/C16H12Cl2N2O2/c1-8-11(6-9-2-3-10(17)7-12(9)18)15-13(19-8)4-5-14(20-15)16(21)22/h2-5,7,19H,6H2,1H3,(H,21,22). The molecule has 0 aliphatic carbocycles. The van der Waals surface area contributed by atoms with Crippen LogP contribution in [0.1, 0.15) is 27.3 Å². The summed E-state index contributed by atoms with van der Waals surface area (Å²) in [6.45, 7) is 1.93. The second kappa shape index (κ2) is 5.63. The molecule has 0 fully saturated rings. The van der Waals surface area contributed by atoms with Crippen LogP contribution in [0.3, 0.4) is 0 Å². The molecule has 0 aliphatic rings. The van der Waals surface area contributed by atoms with Gasteiger partial charge >= 0.3 is 5.97 Å². The van der Waals surface area contributed by atoms with Crippen LogP contribution in [-0.2, 0) is 6.42 Å². The monoisotopic (exact) mass is 334 g/mol. The third kappa shape index (κ3) is 2.67. The van der Waals surface area contributed by atoms with Crippen LogP contribution in [0.2, 0.25) is 10.0 Å². The molecule has 2 N–H and O–H groups in total. The Hall–Kier alpha value is -2.04. The Morgan fingerprint density at radius 3 is 2.73 bits per heavy atom. The molecule has 0 amide bonds. The molecule has 1 aromatic carbocycles. The number of pyridine rings is 1. The maximum Gasteiger partial charge on any atom is 0.354 e. The van der Waals surface area contributed by atoms with Crippen molar-refractivity contribution in [1.29, 1.82) is 0 Å². The lowest BCUT2D eigenvalue weighted by molar-refractivity contribution is 0.0691. The fraction of sp³-hybridized carbons (Fsp3) is 0.125. The van der Waals surface area contributed by atoms with Gasteiger partial charge in [-0.3, -0.25) is 0 Å². The van der Waals surface area contributed by atoms with E-state index in [2.05, 4.69) is 9.97 Å². The van der Waals surface area contributed by atoms with Crippen molar-refractivity contribution in [1.82, 2.24) is 9.97 Å². The predicted octanol–water partition coefficient (Wildman–Crippen LogP) is 4.47. The number of nitrogens with zero attached hydrogens (tertiary/aromatic N) is 1. The smallest absolute Gasteiger partial charge is 0.354 e. The number of halogens is 2. The Kier molecular flexibility index (Phi) is 3.81. The van der Waals surface area contributed by atoms with Crippen molar-refractivity contribution in [3.05, 3.63) is 62.9 Å². The van der Waals surface area contributed by atoms with Crippen molar-refractivity contribution in [2.75, 3.05) is 0 Å². The molecule has 0 spiro atoms. The van der Waals surface area contributed by atoms with Gasteiger partial charge in [-0.05, 0) is 36.8 Å². The van der Waals surface area contributed by atoms with E-state index in [0.717, 1.165) is 22.3 Å². The quantitative estimate of drug-likeness (QED) is 0.742. The molecule has 0 saturated carbocycles. The zero-order valence-corrected chi connectivity index (χ0v) is 13.2. The normalized spacial score (nSPS) is 11.0. The maximum absolute atomic E-state index is 11.1. The van der Waals surface area contributed by atoms with Crippen LogP contribution >= 0.6 is 23.2 Å². The summed E-state index contributed by atoms with van der Waals surface area (Å²) < 4.78 is 0. The molecule has 22 heavy (non-hydrogen) atoms. The van der Waals surface area contributed by atoms with E-state index in [0.29, 0.717) is 22.0 Å². The average Bonchev–Trinajstić information content (AvgIpc) is 2.77.